The van der Waals surface area contributed by atoms with Crippen LogP contribution in [0.3, 0.4) is 0 Å². The van der Waals surface area contributed by atoms with Crippen molar-refractivity contribution in [1.82, 2.24) is 4.98 Å². The van der Waals surface area contributed by atoms with Gasteiger partial charge in [0.15, 0.2) is 0 Å². The van der Waals surface area contributed by atoms with Crippen molar-refractivity contribution in [1.29, 1.82) is 0 Å². The van der Waals surface area contributed by atoms with Gasteiger partial charge in [-0.1, -0.05) is 18.2 Å². The van der Waals surface area contributed by atoms with Gasteiger partial charge >= 0.3 is 0 Å². The van der Waals surface area contributed by atoms with Gasteiger partial charge in [0.1, 0.15) is 6.26 Å². The van der Waals surface area contributed by atoms with E-state index in [4.69, 9.17) is 4.42 Å². The molecular formula is C11H8NO3-. The summed E-state index contributed by atoms with van der Waals surface area (Å²) < 4.78 is 5.15. The molecule has 0 aliphatic carbocycles. The van der Waals surface area contributed by atoms with Crippen LogP contribution in [0.5, 0.6) is 0 Å². The number of carbonyl (C=O) groups excluding carboxylic acids is 1. The Balaban J connectivity index is 2.24. The number of hydrogen-bond donors (Lipinski definition) is 0. The van der Waals surface area contributed by atoms with E-state index >= 15 is 0 Å². The van der Waals surface area contributed by atoms with Crippen molar-refractivity contribution in [3.8, 4) is 11.5 Å². The van der Waals surface area contributed by atoms with E-state index < -0.39 is 5.97 Å². The van der Waals surface area contributed by atoms with Crippen LogP contribution in [0, 0.1) is 0 Å². The number of rotatable bonds is 3. The molecule has 2 aromatic rings. The molecule has 4 nitrogen and oxygen atoms in total. The lowest BCUT2D eigenvalue weighted by molar-refractivity contribution is -0.304. The lowest BCUT2D eigenvalue weighted by Gasteiger charge is -1.95. The Labute approximate surface area is 86.2 Å². The molecule has 0 atom stereocenters. The molecule has 0 saturated heterocycles. The highest BCUT2D eigenvalue weighted by Crippen LogP contribution is 2.17. The molecule has 1 aromatic carbocycles. The molecule has 0 bridgehead atoms. The summed E-state index contributed by atoms with van der Waals surface area (Å²) in [7, 11) is 0. The van der Waals surface area contributed by atoms with E-state index in [1.165, 1.54) is 6.26 Å². The summed E-state index contributed by atoms with van der Waals surface area (Å²) in [6, 6.07) is 9.29. The third-order valence-corrected chi connectivity index (χ3v) is 1.90. The Kier molecular flexibility index (Phi) is 2.49. The molecular weight excluding hydrogens is 194 g/mol. The Morgan fingerprint density at radius 2 is 2.07 bits per heavy atom. The molecule has 1 heterocycles. The number of aromatic nitrogens is 1. The summed E-state index contributed by atoms with van der Waals surface area (Å²) >= 11 is 0. The molecule has 15 heavy (non-hydrogen) atoms. The average Bonchev–Trinajstić information content (AvgIpc) is 2.67. The maximum absolute atomic E-state index is 10.3. The lowest BCUT2D eigenvalue weighted by atomic mass is 10.2. The van der Waals surface area contributed by atoms with Crippen LogP contribution >= 0.6 is 0 Å². The van der Waals surface area contributed by atoms with E-state index in [9.17, 15) is 9.90 Å². The van der Waals surface area contributed by atoms with Gasteiger partial charge in [0, 0.05) is 18.0 Å². The highest BCUT2D eigenvalue weighted by Gasteiger charge is 2.05. The molecule has 76 valence electrons. The molecule has 0 amide bonds. The second-order valence-electron chi connectivity index (χ2n) is 3.06. The van der Waals surface area contributed by atoms with E-state index in [2.05, 4.69) is 4.98 Å². The van der Waals surface area contributed by atoms with Crippen LogP contribution in [0.25, 0.3) is 11.5 Å². The minimum atomic E-state index is -1.16. The minimum absolute atomic E-state index is 0.226. The van der Waals surface area contributed by atoms with Crippen LogP contribution in [0.4, 0.5) is 0 Å². The maximum atomic E-state index is 10.3. The number of nitrogens with zero attached hydrogens (tertiary/aromatic N) is 1. The fourth-order valence-corrected chi connectivity index (χ4v) is 1.25. The Hall–Kier alpha value is -2.10. The number of hydrogen-bond acceptors (Lipinski definition) is 4. The largest absolute Gasteiger partial charge is 0.550 e. The third-order valence-electron chi connectivity index (χ3n) is 1.90. The summed E-state index contributed by atoms with van der Waals surface area (Å²) in [6.45, 7) is 0. The summed E-state index contributed by atoms with van der Waals surface area (Å²) in [4.78, 5) is 14.4. The first-order valence-corrected chi connectivity index (χ1v) is 4.45. The summed E-state index contributed by atoms with van der Waals surface area (Å²) in [5.41, 5.74) is 1.19. The van der Waals surface area contributed by atoms with Gasteiger partial charge in [0.2, 0.25) is 5.89 Å². The average molecular weight is 202 g/mol. The van der Waals surface area contributed by atoms with Gasteiger partial charge < -0.3 is 14.3 Å². The monoisotopic (exact) mass is 202 g/mol. The highest BCUT2D eigenvalue weighted by molar-refractivity contribution is 5.67. The van der Waals surface area contributed by atoms with Crippen molar-refractivity contribution in [2.45, 2.75) is 6.42 Å². The van der Waals surface area contributed by atoms with Crippen molar-refractivity contribution in [3.05, 3.63) is 42.3 Å². The number of carboxylic acids is 1. The van der Waals surface area contributed by atoms with Crippen molar-refractivity contribution >= 4 is 5.97 Å². The Morgan fingerprint density at radius 3 is 2.73 bits per heavy atom. The number of carbonyl (C=O) groups is 1. The zero-order chi connectivity index (χ0) is 10.7. The zero-order valence-corrected chi connectivity index (χ0v) is 7.84. The van der Waals surface area contributed by atoms with Gasteiger partial charge in [-0.05, 0) is 12.1 Å². The van der Waals surface area contributed by atoms with E-state index in [1.54, 1.807) is 0 Å². The van der Waals surface area contributed by atoms with Crippen LogP contribution in [0.15, 0.2) is 41.0 Å². The van der Waals surface area contributed by atoms with Gasteiger partial charge in [0.05, 0.1) is 5.69 Å². The summed E-state index contributed by atoms with van der Waals surface area (Å²) in [5, 5.41) is 10.3. The predicted molar refractivity (Wildman–Crippen MR) is 50.7 cm³/mol. The Morgan fingerprint density at radius 1 is 1.33 bits per heavy atom. The topological polar surface area (TPSA) is 66.2 Å². The number of aliphatic carboxylic acids is 1. The highest BCUT2D eigenvalue weighted by atomic mass is 16.4. The normalized spacial score (nSPS) is 10.1. The van der Waals surface area contributed by atoms with Gasteiger partial charge in [-0.2, -0.15) is 0 Å². The maximum Gasteiger partial charge on any atom is 0.226 e. The van der Waals surface area contributed by atoms with Crippen LogP contribution in [-0.2, 0) is 11.2 Å². The van der Waals surface area contributed by atoms with Crippen molar-refractivity contribution in [2.75, 3.05) is 0 Å². The van der Waals surface area contributed by atoms with E-state index in [1.807, 2.05) is 30.3 Å². The molecule has 0 radical (unpaired) electrons. The smallest absolute Gasteiger partial charge is 0.226 e. The third kappa shape index (κ3) is 2.22. The van der Waals surface area contributed by atoms with E-state index in [0.29, 0.717) is 11.6 Å². The molecule has 0 fully saturated rings. The van der Waals surface area contributed by atoms with Gasteiger partial charge in [-0.15, -0.1) is 0 Å². The van der Waals surface area contributed by atoms with Crippen LogP contribution < -0.4 is 5.11 Å². The molecule has 0 unspecified atom stereocenters. The fraction of sp³-hybridized carbons (Fsp3) is 0.0909. The first-order chi connectivity index (χ1) is 7.25. The van der Waals surface area contributed by atoms with Crippen molar-refractivity contribution < 1.29 is 14.3 Å². The van der Waals surface area contributed by atoms with E-state index in [0.717, 1.165) is 5.56 Å². The van der Waals surface area contributed by atoms with Crippen molar-refractivity contribution in [3.63, 3.8) is 0 Å². The molecule has 4 heteroatoms. The predicted octanol–water partition coefficient (Wildman–Crippen LogP) is 0.634. The number of carboxylic acid groups (broad SMARTS) is 1. The van der Waals surface area contributed by atoms with Crippen LogP contribution in [-0.4, -0.2) is 11.0 Å². The van der Waals surface area contributed by atoms with Gasteiger partial charge in [-0.3, -0.25) is 0 Å². The SMILES string of the molecule is O=C([O-])Cc1coc(-c2ccccc2)n1. The second-order valence-corrected chi connectivity index (χ2v) is 3.06. The fourth-order valence-electron chi connectivity index (χ4n) is 1.25. The molecule has 0 aliphatic rings. The zero-order valence-electron chi connectivity index (χ0n) is 7.84. The van der Waals surface area contributed by atoms with Crippen molar-refractivity contribution in [2.24, 2.45) is 0 Å². The molecule has 0 aliphatic heterocycles. The summed E-state index contributed by atoms with van der Waals surface area (Å²) in [6.07, 6.45) is 1.11. The van der Waals surface area contributed by atoms with Crippen LogP contribution in [0.1, 0.15) is 5.69 Å². The molecule has 0 saturated carbocycles. The molecule has 0 spiro atoms. The standard InChI is InChI=1S/C11H9NO3/c13-10(14)6-9-7-15-11(12-9)8-4-2-1-3-5-8/h1-5,7H,6H2,(H,13,14)/p-1. The molecule has 1 aromatic heterocycles. The molecule has 0 N–H and O–H groups in total. The number of benzene rings is 1. The van der Waals surface area contributed by atoms with Crippen LogP contribution in [0.2, 0.25) is 0 Å². The Bertz CT molecular complexity index is 462. The lowest BCUT2D eigenvalue weighted by Crippen LogP contribution is -2.24. The minimum Gasteiger partial charge on any atom is -0.550 e. The first-order valence-electron chi connectivity index (χ1n) is 4.45. The first kappa shape index (κ1) is 9.45. The quantitative estimate of drug-likeness (QED) is 0.732. The van der Waals surface area contributed by atoms with Gasteiger partial charge in [0.25, 0.3) is 0 Å². The summed E-state index contributed by atoms with van der Waals surface area (Å²) in [5.74, 6) is -0.741. The number of oxazole rings is 1. The van der Waals surface area contributed by atoms with E-state index in [-0.39, 0.29) is 6.42 Å². The molecule has 2 rings (SSSR count). The van der Waals surface area contributed by atoms with Gasteiger partial charge in [-0.25, -0.2) is 4.98 Å². The second kappa shape index (κ2) is 3.96.